The molecule has 22 heavy (non-hydrogen) atoms. The Balaban J connectivity index is 2.12. The van der Waals surface area contributed by atoms with E-state index in [0.29, 0.717) is 31.1 Å². The lowest BCUT2D eigenvalue weighted by molar-refractivity contribution is 0.267. The highest BCUT2D eigenvalue weighted by atomic mass is 16.5. The van der Waals surface area contributed by atoms with Gasteiger partial charge in [-0.3, -0.25) is 0 Å². The summed E-state index contributed by atoms with van der Waals surface area (Å²) >= 11 is 0. The van der Waals surface area contributed by atoms with Gasteiger partial charge in [-0.15, -0.1) is 0 Å². The summed E-state index contributed by atoms with van der Waals surface area (Å²) in [6.07, 6.45) is 0.524. The molecule has 0 heterocycles. The van der Waals surface area contributed by atoms with E-state index in [1.807, 2.05) is 55.5 Å². The Morgan fingerprint density at radius 3 is 2.50 bits per heavy atom. The van der Waals surface area contributed by atoms with Gasteiger partial charge in [0.1, 0.15) is 6.61 Å². The molecule has 0 aliphatic carbocycles. The number of aliphatic hydroxyl groups is 1. The van der Waals surface area contributed by atoms with Crippen molar-refractivity contribution < 1.29 is 14.6 Å². The lowest BCUT2D eigenvalue weighted by atomic mass is 10.0. The highest BCUT2D eigenvalue weighted by molar-refractivity contribution is 5.44. The Kier molecular flexibility index (Phi) is 6.25. The lowest BCUT2D eigenvalue weighted by Crippen LogP contribution is -2.12. The molecular formula is C18H23NO3. The predicted molar refractivity (Wildman–Crippen MR) is 87.0 cm³/mol. The normalized spacial score (nSPS) is 12.0. The van der Waals surface area contributed by atoms with Crippen LogP contribution < -0.4 is 15.2 Å². The van der Waals surface area contributed by atoms with Gasteiger partial charge >= 0.3 is 0 Å². The van der Waals surface area contributed by atoms with Crippen LogP contribution in [0.4, 0.5) is 0 Å². The summed E-state index contributed by atoms with van der Waals surface area (Å²) in [4.78, 5) is 0. The number of benzene rings is 2. The van der Waals surface area contributed by atoms with E-state index in [-0.39, 0.29) is 12.6 Å². The van der Waals surface area contributed by atoms with Crippen molar-refractivity contribution in [1.82, 2.24) is 0 Å². The van der Waals surface area contributed by atoms with Crippen LogP contribution in [0.2, 0.25) is 0 Å². The molecule has 0 saturated heterocycles. The fourth-order valence-electron chi connectivity index (χ4n) is 2.18. The molecule has 0 fully saturated rings. The van der Waals surface area contributed by atoms with Gasteiger partial charge in [-0.05, 0) is 36.6 Å². The molecule has 0 radical (unpaired) electrons. The summed E-state index contributed by atoms with van der Waals surface area (Å²) in [5.74, 6) is 1.38. The summed E-state index contributed by atoms with van der Waals surface area (Å²) < 4.78 is 11.5. The highest BCUT2D eigenvalue weighted by Gasteiger charge is 2.11. The van der Waals surface area contributed by atoms with Crippen LogP contribution in [0.1, 0.15) is 30.5 Å². The highest BCUT2D eigenvalue weighted by Crippen LogP contribution is 2.31. The first-order valence-corrected chi connectivity index (χ1v) is 7.54. The smallest absolute Gasteiger partial charge is 0.161 e. The fraction of sp³-hybridized carbons (Fsp3) is 0.333. The van der Waals surface area contributed by atoms with Crippen molar-refractivity contribution in [3.05, 3.63) is 59.7 Å². The molecule has 1 unspecified atom stereocenters. The second-order valence-electron chi connectivity index (χ2n) is 5.03. The second kappa shape index (κ2) is 8.41. The topological polar surface area (TPSA) is 64.7 Å². The molecule has 2 aromatic carbocycles. The number of nitrogens with two attached hydrogens (primary N) is 1. The third-order valence-corrected chi connectivity index (χ3v) is 3.37. The minimum absolute atomic E-state index is 0.0669. The zero-order valence-corrected chi connectivity index (χ0v) is 12.9. The van der Waals surface area contributed by atoms with E-state index in [9.17, 15) is 0 Å². The van der Waals surface area contributed by atoms with E-state index < -0.39 is 0 Å². The molecule has 0 spiro atoms. The summed E-state index contributed by atoms with van der Waals surface area (Å²) in [5.41, 5.74) is 8.07. The minimum atomic E-state index is -0.202. The van der Waals surface area contributed by atoms with Gasteiger partial charge in [0.25, 0.3) is 0 Å². The lowest BCUT2D eigenvalue weighted by Gasteiger charge is -2.16. The van der Waals surface area contributed by atoms with Crippen molar-refractivity contribution >= 4 is 0 Å². The third-order valence-electron chi connectivity index (χ3n) is 3.37. The van der Waals surface area contributed by atoms with Crippen molar-refractivity contribution in [1.29, 1.82) is 0 Å². The predicted octanol–water partition coefficient (Wildman–Crippen LogP) is 3.05. The van der Waals surface area contributed by atoms with Gasteiger partial charge in [0.05, 0.1) is 6.61 Å². The van der Waals surface area contributed by atoms with Crippen molar-refractivity contribution in [2.75, 3.05) is 13.2 Å². The quantitative estimate of drug-likeness (QED) is 0.786. The molecule has 0 aliphatic heterocycles. The average Bonchev–Trinajstić information content (AvgIpc) is 2.55. The molecule has 0 aliphatic rings. The Hall–Kier alpha value is -2.04. The summed E-state index contributed by atoms with van der Waals surface area (Å²) in [6.45, 7) is 3.04. The van der Waals surface area contributed by atoms with E-state index in [2.05, 4.69) is 0 Å². The summed E-state index contributed by atoms with van der Waals surface area (Å²) in [7, 11) is 0. The van der Waals surface area contributed by atoms with E-state index in [1.54, 1.807) is 0 Å². The van der Waals surface area contributed by atoms with Crippen molar-refractivity contribution in [2.45, 2.75) is 26.0 Å². The van der Waals surface area contributed by atoms with E-state index in [1.165, 1.54) is 0 Å². The van der Waals surface area contributed by atoms with Gasteiger partial charge in [0.2, 0.25) is 0 Å². The standard InChI is InChI=1S/C18H23NO3/c1-2-21-18-12-15(16(19)10-11-20)8-9-17(18)22-13-14-6-4-3-5-7-14/h3-9,12,16,20H,2,10-11,13,19H2,1H3. The first-order valence-electron chi connectivity index (χ1n) is 7.54. The molecule has 0 aromatic heterocycles. The minimum Gasteiger partial charge on any atom is -0.490 e. The Morgan fingerprint density at radius 2 is 1.82 bits per heavy atom. The summed E-state index contributed by atoms with van der Waals surface area (Å²) in [6, 6.07) is 15.5. The van der Waals surface area contributed by atoms with Gasteiger partial charge in [0.15, 0.2) is 11.5 Å². The summed E-state index contributed by atoms with van der Waals surface area (Å²) in [5, 5.41) is 9.00. The number of aliphatic hydroxyl groups excluding tert-OH is 1. The average molecular weight is 301 g/mol. The molecule has 3 N–H and O–H groups in total. The van der Waals surface area contributed by atoms with E-state index >= 15 is 0 Å². The molecular weight excluding hydrogens is 278 g/mol. The first-order chi connectivity index (χ1) is 10.7. The molecule has 0 bridgehead atoms. The van der Waals surface area contributed by atoms with Crippen LogP contribution in [0.3, 0.4) is 0 Å². The van der Waals surface area contributed by atoms with Crippen LogP contribution in [-0.2, 0) is 6.61 Å². The second-order valence-corrected chi connectivity index (χ2v) is 5.03. The number of hydrogen-bond acceptors (Lipinski definition) is 4. The zero-order chi connectivity index (χ0) is 15.8. The molecule has 4 nitrogen and oxygen atoms in total. The number of ether oxygens (including phenoxy) is 2. The Labute approximate surface area is 131 Å². The monoisotopic (exact) mass is 301 g/mol. The molecule has 1 atom stereocenters. The zero-order valence-electron chi connectivity index (χ0n) is 12.9. The van der Waals surface area contributed by atoms with Crippen LogP contribution >= 0.6 is 0 Å². The SMILES string of the molecule is CCOc1cc(C(N)CCO)ccc1OCc1ccccc1. The third kappa shape index (κ3) is 4.48. The molecule has 2 rings (SSSR count). The van der Waals surface area contributed by atoms with Crippen LogP contribution in [0.5, 0.6) is 11.5 Å². The molecule has 2 aromatic rings. The van der Waals surface area contributed by atoms with E-state index in [0.717, 1.165) is 11.1 Å². The van der Waals surface area contributed by atoms with Gasteiger partial charge in [-0.1, -0.05) is 36.4 Å². The number of hydrogen-bond donors (Lipinski definition) is 2. The van der Waals surface area contributed by atoms with Gasteiger partial charge < -0.3 is 20.3 Å². The molecule has 0 amide bonds. The largest absolute Gasteiger partial charge is 0.490 e. The Bertz CT molecular complexity index is 572. The van der Waals surface area contributed by atoms with Crippen LogP contribution in [0, 0.1) is 0 Å². The van der Waals surface area contributed by atoms with Gasteiger partial charge in [-0.25, -0.2) is 0 Å². The van der Waals surface area contributed by atoms with Crippen molar-refractivity contribution in [2.24, 2.45) is 5.73 Å². The van der Waals surface area contributed by atoms with Crippen LogP contribution in [0.15, 0.2) is 48.5 Å². The van der Waals surface area contributed by atoms with Crippen molar-refractivity contribution in [3.8, 4) is 11.5 Å². The Morgan fingerprint density at radius 1 is 1.05 bits per heavy atom. The van der Waals surface area contributed by atoms with Crippen molar-refractivity contribution in [3.63, 3.8) is 0 Å². The van der Waals surface area contributed by atoms with Gasteiger partial charge in [-0.2, -0.15) is 0 Å². The first kappa shape index (κ1) is 16.3. The van der Waals surface area contributed by atoms with Gasteiger partial charge in [0, 0.05) is 12.6 Å². The maximum Gasteiger partial charge on any atom is 0.161 e. The van der Waals surface area contributed by atoms with Crippen LogP contribution in [0.25, 0.3) is 0 Å². The van der Waals surface area contributed by atoms with Crippen LogP contribution in [-0.4, -0.2) is 18.3 Å². The fourth-order valence-corrected chi connectivity index (χ4v) is 2.18. The molecule has 118 valence electrons. The number of rotatable bonds is 8. The maximum atomic E-state index is 9.00. The molecule has 4 heteroatoms. The maximum absolute atomic E-state index is 9.00. The van der Waals surface area contributed by atoms with E-state index in [4.69, 9.17) is 20.3 Å². The molecule has 0 saturated carbocycles.